The number of nitrogens with one attached hydrogen (secondary N) is 1. The van der Waals surface area contributed by atoms with Gasteiger partial charge in [0.25, 0.3) is 0 Å². The van der Waals surface area contributed by atoms with Gasteiger partial charge in [-0.1, -0.05) is 25.1 Å². The highest BCUT2D eigenvalue weighted by atomic mass is 79.9. The molecule has 0 saturated carbocycles. The summed E-state index contributed by atoms with van der Waals surface area (Å²) in [5.41, 5.74) is 1.11. The Bertz CT molecular complexity index is 631. The summed E-state index contributed by atoms with van der Waals surface area (Å²) in [6, 6.07) is 8.41. The van der Waals surface area contributed by atoms with E-state index in [0.717, 1.165) is 11.6 Å². The maximum absolute atomic E-state index is 13.9. The van der Waals surface area contributed by atoms with E-state index in [2.05, 4.69) is 21.2 Å². The lowest BCUT2D eigenvalue weighted by Crippen LogP contribution is -2.24. The Morgan fingerprint density at radius 1 is 1.10 bits per heavy atom. The summed E-state index contributed by atoms with van der Waals surface area (Å²) in [6.07, 6.45) is 0.438. The van der Waals surface area contributed by atoms with Crippen molar-refractivity contribution in [3.05, 3.63) is 69.4 Å². The smallest absolute Gasteiger partial charge is 0.163 e. The highest BCUT2D eigenvalue weighted by Crippen LogP contribution is 2.25. The van der Waals surface area contributed by atoms with Crippen molar-refractivity contribution in [2.24, 2.45) is 0 Å². The van der Waals surface area contributed by atoms with Crippen molar-refractivity contribution in [3.8, 4) is 0 Å². The van der Waals surface area contributed by atoms with Crippen molar-refractivity contribution in [1.29, 1.82) is 0 Å². The van der Waals surface area contributed by atoms with Crippen molar-refractivity contribution >= 4 is 15.9 Å². The number of hydrogen-bond acceptors (Lipinski definition) is 1. The van der Waals surface area contributed by atoms with Gasteiger partial charge in [0.1, 0.15) is 5.82 Å². The van der Waals surface area contributed by atoms with Gasteiger partial charge < -0.3 is 5.32 Å². The average Bonchev–Trinajstić information content (AvgIpc) is 2.45. The molecule has 0 saturated heterocycles. The Hall–Kier alpha value is -1.33. The third-order valence-electron chi connectivity index (χ3n) is 3.23. The molecule has 2 aromatic rings. The fourth-order valence-corrected chi connectivity index (χ4v) is 2.66. The molecule has 1 N–H and O–H groups in total. The minimum absolute atomic E-state index is 0.275. The van der Waals surface area contributed by atoms with Gasteiger partial charge in [-0.15, -0.1) is 0 Å². The monoisotopic (exact) mass is 357 g/mol. The van der Waals surface area contributed by atoms with Crippen molar-refractivity contribution in [2.75, 3.05) is 6.54 Å². The molecule has 0 amide bonds. The molecule has 0 aliphatic rings. The van der Waals surface area contributed by atoms with Crippen molar-refractivity contribution in [3.63, 3.8) is 0 Å². The lowest BCUT2D eigenvalue weighted by atomic mass is 9.98. The van der Waals surface area contributed by atoms with E-state index in [9.17, 15) is 13.2 Å². The first-order valence-electron chi connectivity index (χ1n) is 6.64. The molecule has 0 spiro atoms. The Balaban J connectivity index is 2.30. The largest absolute Gasteiger partial charge is 0.310 e. The molecule has 2 aromatic carbocycles. The molecule has 5 heteroatoms. The number of rotatable bonds is 5. The standard InChI is InChI=1S/C16H15BrF3N/c1-2-21-15(11-4-3-5-14(19)16(11)20)9-10-6-7-13(18)12(17)8-10/h3-8,15,21H,2,9H2,1H3. The molecule has 0 bridgehead atoms. The van der Waals surface area contributed by atoms with Crippen LogP contribution in [0.3, 0.4) is 0 Å². The van der Waals surface area contributed by atoms with Crippen molar-refractivity contribution in [1.82, 2.24) is 5.32 Å². The van der Waals surface area contributed by atoms with Crippen LogP contribution in [0, 0.1) is 17.5 Å². The van der Waals surface area contributed by atoms with Crippen LogP contribution in [0.15, 0.2) is 40.9 Å². The van der Waals surface area contributed by atoms with Crippen molar-refractivity contribution in [2.45, 2.75) is 19.4 Å². The molecule has 2 rings (SSSR count). The molecule has 1 nitrogen and oxygen atoms in total. The van der Waals surface area contributed by atoms with Gasteiger partial charge in [-0.05, 0) is 52.7 Å². The van der Waals surface area contributed by atoms with Gasteiger partial charge in [-0.25, -0.2) is 13.2 Å². The lowest BCUT2D eigenvalue weighted by Gasteiger charge is -2.19. The lowest BCUT2D eigenvalue weighted by molar-refractivity contribution is 0.464. The fraction of sp³-hybridized carbons (Fsp3) is 0.250. The first-order valence-corrected chi connectivity index (χ1v) is 7.43. The van der Waals surface area contributed by atoms with E-state index in [4.69, 9.17) is 0 Å². The molecule has 21 heavy (non-hydrogen) atoms. The van der Waals surface area contributed by atoms with Crippen LogP contribution in [0.4, 0.5) is 13.2 Å². The zero-order valence-corrected chi connectivity index (χ0v) is 13.1. The summed E-state index contributed by atoms with van der Waals surface area (Å²) in [5.74, 6) is -2.06. The van der Waals surface area contributed by atoms with E-state index in [-0.39, 0.29) is 17.4 Å². The SMILES string of the molecule is CCNC(Cc1ccc(F)c(Br)c1)c1cccc(F)c1F. The second-order valence-electron chi connectivity index (χ2n) is 4.71. The van der Waals surface area contributed by atoms with E-state index in [1.54, 1.807) is 18.2 Å². The molecule has 0 heterocycles. The third kappa shape index (κ3) is 3.86. The van der Waals surface area contributed by atoms with Crippen LogP contribution in [-0.4, -0.2) is 6.54 Å². The Labute approximate surface area is 130 Å². The predicted molar refractivity (Wildman–Crippen MR) is 80.6 cm³/mol. The summed E-state index contributed by atoms with van der Waals surface area (Å²) in [7, 11) is 0. The Kier molecular flexibility index (Phi) is 5.42. The zero-order valence-electron chi connectivity index (χ0n) is 11.5. The van der Waals surface area contributed by atoms with Crippen LogP contribution in [-0.2, 0) is 6.42 Å². The van der Waals surface area contributed by atoms with Gasteiger partial charge in [0.05, 0.1) is 4.47 Å². The van der Waals surface area contributed by atoms with E-state index < -0.39 is 11.6 Å². The minimum atomic E-state index is -0.865. The number of hydrogen-bond donors (Lipinski definition) is 1. The highest BCUT2D eigenvalue weighted by Gasteiger charge is 2.18. The zero-order chi connectivity index (χ0) is 15.4. The van der Waals surface area contributed by atoms with Crippen LogP contribution >= 0.6 is 15.9 Å². The summed E-state index contributed by atoms with van der Waals surface area (Å²) in [5, 5.41) is 3.13. The maximum atomic E-state index is 13.9. The normalized spacial score (nSPS) is 12.4. The van der Waals surface area contributed by atoms with Crippen LogP contribution in [0.2, 0.25) is 0 Å². The first-order chi connectivity index (χ1) is 10.0. The van der Waals surface area contributed by atoms with Gasteiger partial charge in [0.2, 0.25) is 0 Å². The number of likely N-dealkylation sites (N-methyl/N-ethyl adjacent to an activating group) is 1. The second kappa shape index (κ2) is 7.09. The van der Waals surface area contributed by atoms with E-state index >= 15 is 0 Å². The molecule has 1 unspecified atom stereocenters. The molecule has 0 aromatic heterocycles. The van der Waals surface area contributed by atoms with Gasteiger partial charge in [-0.2, -0.15) is 0 Å². The molecule has 0 aliphatic heterocycles. The topological polar surface area (TPSA) is 12.0 Å². The van der Waals surface area contributed by atoms with Gasteiger partial charge in [0.15, 0.2) is 11.6 Å². The van der Waals surface area contributed by atoms with Crippen LogP contribution in [0.5, 0.6) is 0 Å². The molecular weight excluding hydrogens is 343 g/mol. The Morgan fingerprint density at radius 3 is 2.52 bits per heavy atom. The van der Waals surface area contributed by atoms with Crippen molar-refractivity contribution < 1.29 is 13.2 Å². The van der Waals surface area contributed by atoms with Crippen LogP contribution in [0.25, 0.3) is 0 Å². The molecule has 112 valence electrons. The van der Waals surface area contributed by atoms with Gasteiger partial charge in [-0.3, -0.25) is 0 Å². The number of halogens is 4. The average molecular weight is 358 g/mol. The molecule has 1 atom stereocenters. The highest BCUT2D eigenvalue weighted by molar-refractivity contribution is 9.10. The predicted octanol–water partition coefficient (Wildman–Crippen LogP) is 4.76. The maximum Gasteiger partial charge on any atom is 0.163 e. The van der Waals surface area contributed by atoms with E-state index in [1.807, 2.05) is 6.92 Å². The van der Waals surface area contributed by atoms with E-state index in [1.165, 1.54) is 12.1 Å². The summed E-state index contributed by atoms with van der Waals surface area (Å²) < 4.78 is 40.9. The molecule has 0 fully saturated rings. The van der Waals surface area contributed by atoms with Gasteiger partial charge >= 0.3 is 0 Å². The molecule has 0 radical (unpaired) electrons. The van der Waals surface area contributed by atoms with Crippen LogP contribution in [0.1, 0.15) is 24.1 Å². The summed E-state index contributed by atoms with van der Waals surface area (Å²) in [6.45, 7) is 2.51. The Morgan fingerprint density at radius 2 is 1.86 bits per heavy atom. The second-order valence-corrected chi connectivity index (χ2v) is 5.56. The fourth-order valence-electron chi connectivity index (χ4n) is 2.23. The number of benzene rings is 2. The van der Waals surface area contributed by atoms with E-state index in [0.29, 0.717) is 17.4 Å². The minimum Gasteiger partial charge on any atom is -0.310 e. The van der Waals surface area contributed by atoms with Crippen LogP contribution < -0.4 is 5.32 Å². The molecular formula is C16H15BrF3N. The summed E-state index contributed by atoms with van der Waals surface area (Å²) >= 11 is 3.13. The third-order valence-corrected chi connectivity index (χ3v) is 3.84. The first kappa shape index (κ1) is 16.0. The molecule has 0 aliphatic carbocycles. The quantitative estimate of drug-likeness (QED) is 0.813. The van der Waals surface area contributed by atoms with Gasteiger partial charge in [0, 0.05) is 11.6 Å². The summed E-state index contributed by atoms with van der Waals surface area (Å²) in [4.78, 5) is 0.